The third-order valence-electron chi connectivity index (χ3n) is 3.24. The van der Waals surface area contributed by atoms with Gasteiger partial charge >= 0.3 is 0 Å². The maximum atomic E-state index is 13.7. The number of hydrogen-bond donors (Lipinski definition) is 1. The highest BCUT2D eigenvalue weighted by atomic mass is 19.1. The smallest absolute Gasteiger partial charge is 0.265 e. The summed E-state index contributed by atoms with van der Waals surface area (Å²) < 4.78 is 24.8. The zero-order valence-corrected chi connectivity index (χ0v) is 14.1. The van der Waals surface area contributed by atoms with Gasteiger partial charge in [-0.25, -0.2) is 4.39 Å². The number of carbonyl (C=O) groups excluding carboxylic acids is 1. The number of hydrogen-bond acceptors (Lipinski definition) is 3. The lowest BCUT2D eigenvalue weighted by molar-refractivity contribution is -0.122. The summed E-state index contributed by atoms with van der Waals surface area (Å²) in [5, 5.41) is 2.78. The lowest BCUT2D eigenvalue weighted by Gasteiger charge is -2.18. The molecule has 2 aromatic rings. The van der Waals surface area contributed by atoms with E-state index < -0.39 is 11.9 Å². The van der Waals surface area contributed by atoms with Crippen LogP contribution in [-0.4, -0.2) is 18.1 Å². The van der Waals surface area contributed by atoms with Crippen molar-refractivity contribution in [1.29, 1.82) is 0 Å². The number of carbonyl (C=O) groups is 1. The third kappa shape index (κ3) is 4.98. The molecular formula is C19H22FNO3. The van der Waals surface area contributed by atoms with Crippen molar-refractivity contribution in [3.63, 3.8) is 0 Å². The fourth-order valence-corrected chi connectivity index (χ4v) is 2.16. The number of halogens is 1. The van der Waals surface area contributed by atoms with Gasteiger partial charge in [0.1, 0.15) is 5.75 Å². The van der Waals surface area contributed by atoms with Crippen LogP contribution in [0.1, 0.15) is 27.2 Å². The molecule has 0 fully saturated rings. The van der Waals surface area contributed by atoms with Gasteiger partial charge in [0, 0.05) is 11.8 Å². The summed E-state index contributed by atoms with van der Waals surface area (Å²) >= 11 is 0. The highest BCUT2D eigenvalue weighted by Gasteiger charge is 2.20. The van der Waals surface area contributed by atoms with Gasteiger partial charge < -0.3 is 14.8 Å². The predicted molar refractivity (Wildman–Crippen MR) is 91.9 cm³/mol. The molecule has 0 aromatic heterocycles. The van der Waals surface area contributed by atoms with E-state index in [2.05, 4.69) is 5.32 Å². The van der Waals surface area contributed by atoms with E-state index >= 15 is 0 Å². The first kappa shape index (κ1) is 17.8. The van der Waals surface area contributed by atoms with E-state index in [1.807, 2.05) is 26.8 Å². The number of para-hydroxylation sites is 1. The van der Waals surface area contributed by atoms with Crippen molar-refractivity contribution in [2.24, 2.45) is 0 Å². The van der Waals surface area contributed by atoms with Crippen LogP contribution >= 0.6 is 0 Å². The van der Waals surface area contributed by atoms with Gasteiger partial charge in [-0.3, -0.25) is 4.79 Å². The van der Waals surface area contributed by atoms with Crippen molar-refractivity contribution < 1.29 is 18.7 Å². The van der Waals surface area contributed by atoms with Crippen LogP contribution in [-0.2, 0) is 4.79 Å². The van der Waals surface area contributed by atoms with Crippen molar-refractivity contribution in [1.82, 2.24) is 0 Å². The van der Waals surface area contributed by atoms with Crippen LogP contribution in [0.5, 0.6) is 11.5 Å². The summed E-state index contributed by atoms with van der Waals surface area (Å²) in [7, 11) is 0. The number of benzene rings is 2. The molecule has 0 aliphatic rings. The molecule has 0 aliphatic heterocycles. The zero-order valence-electron chi connectivity index (χ0n) is 14.1. The van der Waals surface area contributed by atoms with Crippen molar-refractivity contribution in [2.45, 2.75) is 39.4 Å². The molecule has 128 valence electrons. The second-order valence-corrected chi connectivity index (χ2v) is 5.63. The molecule has 0 bridgehead atoms. The Kier molecular flexibility index (Phi) is 6.18. The summed E-state index contributed by atoms with van der Waals surface area (Å²) in [5.41, 5.74) is 0.605. The first-order valence-electron chi connectivity index (χ1n) is 7.98. The minimum atomic E-state index is -0.781. The molecule has 0 saturated carbocycles. The summed E-state index contributed by atoms with van der Waals surface area (Å²) in [6.07, 6.45) is -0.317. The molecule has 0 aliphatic carbocycles. The van der Waals surface area contributed by atoms with Crippen LogP contribution in [0.25, 0.3) is 0 Å². The van der Waals surface area contributed by atoms with Gasteiger partial charge in [0.15, 0.2) is 17.7 Å². The Hall–Kier alpha value is -2.56. The van der Waals surface area contributed by atoms with Crippen LogP contribution < -0.4 is 14.8 Å². The van der Waals surface area contributed by atoms with E-state index in [4.69, 9.17) is 9.47 Å². The lowest BCUT2D eigenvalue weighted by atomic mass is 10.2. The Labute approximate surface area is 141 Å². The third-order valence-corrected chi connectivity index (χ3v) is 3.24. The molecule has 0 unspecified atom stereocenters. The normalized spacial score (nSPS) is 11.9. The van der Waals surface area contributed by atoms with Gasteiger partial charge in [0.25, 0.3) is 5.91 Å². The van der Waals surface area contributed by atoms with Gasteiger partial charge in [0.05, 0.1) is 6.10 Å². The van der Waals surface area contributed by atoms with Gasteiger partial charge in [-0.1, -0.05) is 25.1 Å². The summed E-state index contributed by atoms with van der Waals surface area (Å²) in [4.78, 5) is 12.4. The highest BCUT2D eigenvalue weighted by molar-refractivity contribution is 5.94. The lowest BCUT2D eigenvalue weighted by Crippen LogP contribution is -2.32. The Balaban J connectivity index is 2.05. The van der Waals surface area contributed by atoms with Gasteiger partial charge in [-0.05, 0) is 44.5 Å². The Morgan fingerprint density at radius 1 is 1.12 bits per heavy atom. The predicted octanol–water partition coefficient (Wildman–Crippen LogP) is 4.41. The second kappa shape index (κ2) is 8.34. The number of amides is 1. The van der Waals surface area contributed by atoms with E-state index in [0.29, 0.717) is 17.9 Å². The second-order valence-electron chi connectivity index (χ2n) is 5.63. The van der Waals surface area contributed by atoms with E-state index in [1.165, 1.54) is 12.1 Å². The van der Waals surface area contributed by atoms with Crippen LogP contribution in [0.2, 0.25) is 0 Å². The molecule has 0 radical (unpaired) electrons. The molecule has 0 spiro atoms. The minimum Gasteiger partial charge on any atom is -0.491 e. The quantitative estimate of drug-likeness (QED) is 0.817. The molecule has 1 atom stereocenters. The van der Waals surface area contributed by atoms with E-state index in [0.717, 1.165) is 0 Å². The Morgan fingerprint density at radius 3 is 2.54 bits per heavy atom. The number of ether oxygens (including phenoxy) is 2. The van der Waals surface area contributed by atoms with Crippen LogP contribution in [0.15, 0.2) is 48.5 Å². The van der Waals surface area contributed by atoms with E-state index in [1.54, 1.807) is 30.3 Å². The first-order valence-corrected chi connectivity index (χ1v) is 7.98. The van der Waals surface area contributed by atoms with Crippen molar-refractivity contribution in [3.8, 4) is 11.5 Å². The zero-order chi connectivity index (χ0) is 17.5. The number of anilines is 1. The standard InChI is InChI=1S/C19H22FNO3/c1-4-17(24-18-11-6-5-10-16(18)20)19(22)21-14-8-7-9-15(12-14)23-13(2)3/h5-13,17H,4H2,1-3H3,(H,21,22)/t17-/m0/s1. The highest BCUT2D eigenvalue weighted by Crippen LogP contribution is 2.21. The fourth-order valence-electron chi connectivity index (χ4n) is 2.16. The van der Waals surface area contributed by atoms with Gasteiger partial charge in [-0.15, -0.1) is 0 Å². The molecule has 1 N–H and O–H groups in total. The summed E-state index contributed by atoms with van der Waals surface area (Å²) in [5.74, 6) is -0.0826. The minimum absolute atomic E-state index is 0.0451. The molecule has 2 aromatic carbocycles. The van der Waals surface area contributed by atoms with Crippen molar-refractivity contribution >= 4 is 11.6 Å². The molecule has 4 nitrogen and oxygen atoms in total. The molecular weight excluding hydrogens is 309 g/mol. The Bertz CT molecular complexity index is 688. The summed E-state index contributed by atoms with van der Waals surface area (Å²) in [6, 6.07) is 13.2. The van der Waals surface area contributed by atoms with Gasteiger partial charge in [0.2, 0.25) is 0 Å². The largest absolute Gasteiger partial charge is 0.491 e. The van der Waals surface area contributed by atoms with Crippen LogP contribution in [0.4, 0.5) is 10.1 Å². The molecule has 0 saturated heterocycles. The average Bonchev–Trinajstić information content (AvgIpc) is 2.53. The first-order chi connectivity index (χ1) is 11.5. The molecule has 1 amide bonds. The maximum absolute atomic E-state index is 13.7. The van der Waals surface area contributed by atoms with E-state index in [-0.39, 0.29) is 17.8 Å². The number of nitrogens with one attached hydrogen (secondary N) is 1. The van der Waals surface area contributed by atoms with E-state index in [9.17, 15) is 9.18 Å². The fraction of sp³-hybridized carbons (Fsp3) is 0.316. The van der Waals surface area contributed by atoms with Gasteiger partial charge in [-0.2, -0.15) is 0 Å². The topological polar surface area (TPSA) is 47.6 Å². The monoisotopic (exact) mass is 331 g/mol. The average molecular weight is 331 g/mol. The SMILES string of the molecule is CC[C@H](Oc1ccccc1F)C(=O)Nc1cccc(OC(C)C)c1. The molecule has 5 heteroatoms. The molecule has 0 heterocycles. The van der Waals surface area contributed by atoms with Crippen LogP contribution in [0, 0.1) is 5.82 Å². The molecule has 2 rings (SSSR count). The van der Waals surface area contributed by atoms with Crippen molar-refractivity contribution in [3.05, 3.63) is 54.3 Å². The van der Waals surface area contributed by atoms with Crippen LogP contribution in [0.3, 0.4) is 0 Å². The summed E-state index contributed by atoms with van der Waals surface area (Å²) in [6.45, 7) is 5.67. The van der Waals surface area contributed by atoms with Crippen molar-refractivity contribution in [2.75, 3.05) is 5.32 Å². The molecule has 24 heavy (non-hydrogen) atoms. The number of rotatable bonds is 7. The maximum Gasteiger partial charge on any atom is 0.265 e. The Morgan fingerprint density at radius 2 is 1.88 bits per heavy atom.